The number of hydrogen-bond donors (Lipinski definition) is 0. The number of methoxy groups -OCH3 is 1. The Morgan fingerprint density at radius 1 is 1.19 bits per heavy atom. The molecule has 2 aromatic carbocycles. The lowest BCUT2D eigenvalue weighted by atomic mass is 10.0. The largest absolute Gasteiger partial charge is 0.497 e. The topological polar surface area (TPSA) is 39.5 Å². The molecule has 1 fully saturated rings. The van der Waals surface area contributed by atoms with Crippen molar-refractivity contribution in [3.8, 4) is 5.75 Å². The molecule has 4 rings (SSSR count). The maximum absolute atomic E-state index is 6.10. The molecular weight excluding hydrogens is 338 g/mol. The molecular formula is C22H27N3O2. The van der Waals surface area contributed by atoms with Gasteiger partial charge in [-0.25, -0.2) is 0 Å². The van der Waals surface area contributed by atoms with E-state index in [2.05, 4.69) is 60.4 Å². The molecule has 3 aromatic rings. The van der Waals surface area contributed by atoms with Crippen LogP contribution >= 0.6 is 0 Å². The normalized spacial score (nSPS) is 18.1. The van der Waals surface area contributed by atoms with Crippen molar-refractivity contribution in [2.45, 2.75) is 33.0 Å². The van der Waals surface area contributed by atoms with Crippen molar-refractivity contribution in [3.63, 3.8) is 0 Å². The summed E-state index contributed by atoms with van der Waals surface area (Å²) >= 11 is 0. The van der Waals surface area contributed by atoms with E-state index in [0.717, 1.165) is 44.2 Å². The summed E-state index contributed by atoms with van der Waals surface area (Å²) in [6.45, 7) is 8.67. The molecule has 2 heterocycles. The Hall–Kier alpha value is -2.37. The van der Waals surface area contributed by atoms with Gasteiger partial charge >= 0.3 is 0 Å². The Kier molecular flexibility index (Phi) is 5.14. The van der Waals surface area contributed by atoms with Crippen LogP contribution < -0.4 is 4.74 Å². The number of fused-ring (bicyclic) bond motifs is 1. The first-order valence-electron chi connectivity index (χ1n) is 9.61. The fourth-order valence-corrected chi connectivity index (χ4v) is 3.73. The fourth-order valence-electron chi connectivity index (χ4n) is 3.73. The van der Waals surface area contributed by atoms with Crippen molar-refractivity contribution in [3.05, 3.63) is 59.4 Å². The van der Waals surface area contributed by atoms with Gasteiger partial charge in [0.05, 0.1) is 25.5 Å². The highest BCUT2D eigenvalue weighted by Gasteiger charge is 2.23. The zero-order valence-corrected chi connectivity index (χ0v) is 16.3. The van der Waals surface area contributed by atoms with E-state index in [-0.39, 0.29) is 6.10 Å². The highest BCUT2D eigenvalue weighted by Crippen LogP contribution is 2.28. The van der Waals surface area contributed by atoms with Crippen molar-refractivity contribution in [1.82, 2.24) is 14.7 Å². The summed E-state index contributed by atoms with van der Waals surface area (Å²) in [4.78, 5) is 2.47. The smallest absolute Gasteiger partial charge is 0.119 e. The average molecular weight is 365 g/mol. The molecule has 142 valence electrons. The van der Waals surface area contributed by atoms with E-state index >= 15 is 0 Å². The first kappa shape index (κ1) is 18.0. The molecule has 5 heteroatoms. The first-order chi connectivity index (χ1) is 13.2. The minimum Gasteiger partial charge on any atom is -0.497 e. The average Bonchev–Trinajstić information content (AvgIpc) is 3.07. The lowest BCUT2D eigenvalue weighted by Crippen LogP contribution is -2.37. The molecule has 1 aliphatic heterocycles. The number of rotatable bonds is 5. The fraction of sp³-hybridized carbons (Fsp3) is 0.409. The third-order valence-electron chi connectivity index (χ3n) is 5.36. The van der Waals surface area contributed by atoms with Gasteiger partial charge in [-0.3, -0.25) is 9.58 Å². The third-order valence-corrected chi connectivity index (χ3v) is 5.36. The molecule has 0 unspecified atom stereocenters. The number of aromatic nitrogens is 2. The van der Waals surface area contributed by atoms with Crippen LogP contribution in [0.2, 0.25) is 0 Å². The quantitative estimate of drug-likeness (QED) is 0.686. The van der Waals surface area contributed by atoms with Gasteiger partial charge in [0.2, 0.25) is 0 Å². The van der Waals surface area contributed by atoms with Crippen molar-refractivity contribution in [1.29, 1.82) is 0 Å². The molecule has 0 bridgehead atoms. The van der Waals surface area contributed by atoms with E-state index in [0.29, 0.717) is 0 Å². The molecule has 0 N–H and O–H groups in total. The lowest BCUT2D eigenvalue weighted by Gasteiger charge is -2.33. The molecule has 0 radical (unpaired) electrons. The van der Waals surface area contributed by atoms with Gasteiger partial charge in [-0.1, -0.05) is 18.2 Å². The number of benzene rings is 2. The van der Waals surface area contributed by atoms with Crippen LogP contribution in [0.25, 0.3) is 10.8 Å². The molecule has 0 aliphatic carbocycles. The Bertz CT molecular complexity index is 934. The van der Waals surface area contributed by atoms with E-state index in [1.54, 1.807) is 7.11 Å². The van der Waals surface area contributed by atoms with Gasteiger partial charge in [-0.2, -0.15) is 5.10 Å². The Morgan fingerprint density at radius 3 is 2.78 bits per heavy atom. The number of nitrogens with zero attached hydrogens (tertiary/aromatic N) is 3. The van der Waals surface area contributed by atoms with E-state index in [1.165, 1.54) is 21.9 Å². The molecule has 0 saturated carbocycles. The highest BCUT2D eigenvalue weighted by atomic mass is 16.5. The second kappa shape index (κ2) is 7.71. The zero-order chi connectivity index (χ0) is 18.8. The minimum atomic E-state index is 0.103. The summed E-state index contributed by atoms with van der Waals surface area (Å²) < 4.78 is 13.4. The Labute approximate surface area is 160 Å². The summed E-state index contributed by atoms with van der Waals surface area (Å²) in [6, 6.07) is 12.8. The van der Waals surface area contributed by atoms with Gasteiger partial charge in [0.1, 0.15) is 5.75 Å². The predicted molar refractivity (Wildman–Crippen MR) is 107 cm³/mol. The van der Waals surface area contributed by atoms with Crippen LogP contribution in [-0.2, 0) is 17.8 Å². The van der Waals surface area contributed by atoms with E-state index in [1.807, 2.05) is 10.7 Å². The second-order valence-electron chi connectivity index (χ2n) is 7.16. The summed E-state index contributed by atoms with van der Waals surface area (Å²) in [7, 11) is 1.70. The Morgan fingerprint density at radius 2 is 2.00 bits per heavy atom. The van der Waals surface area contributed by atoms with Crippen LogP contribution in [-0.4, -0.2) is 41.5 Å². The van der Waals surface area contributed by atoms with Crippen LogP contribution in [0.5, 0.6) is 5.75 Å². The zero-order valence-electron chi connectivity index (χ0n) is 16.3. The van der Waals surface area contributed by atoms with Gasteiger partial charge in [0.15, 0.2) is 0 Å². The molecule has 1 saturated heterocycles. The van der Waals surface area contributed by atoms with E-state index < -0.39 is 0 Å². The van der Waals surface area contributed by atoms with Crippen LogP contribution in [0, 0.1) is 6.92 Å². The van der Waals surface area contributed by atoms with Gasteiger partial charge in [0.25, 0.3) is 0 Å². The molecule has 1 aliphatic rings. The lowest BCUT2D eigenvalue weighted by molar-refractivity contribution is -0.0329. The number of morpholine rings is 1. The molecule has 27 heavy (non-hydrogen) atoms. The third kappa shape index (κ3) is 3.84. The molecule has 1 atom stereocenters. The van der Waals surface area contributed by atoms with Gasteiger partial charge in [-0.05, 0) is 48.4 Å². The van der Waals surface area contributed by atoms with Crippen molar-refractivity contribution < 1.29 is 9.47 Å². The number of ether oxygens (including phenoxy) is 2. The number of hydrogen-bond acceptors (Lipinski definition) is 4. The first-order valence-corrected chi connectivity index (χ1v) is 9.61. The highest BCUT2D eigenvalue weighted by molar-refractivity contribution is 5.84. The van der Waals surface area contributed by atoms with Gasteiger partial charge in [0, 0.05) is 37.9 Å². The molecule has 0 amide bonds. The van der Waals surface area contributed by atoms with Crippen LogP contribution in [0.15, 0.2) is 42.6 Å². The van der Waals surface area contributed by atoms with Crippen molar-refractivity contribution >= 4 is 10.8 Å². The monoisotopic (exact) mass is 365 g/mol. The standard InChI is InChI=1S/C22H27N3O2/c1-4-25-14-20(16(2)23-25)13-24-9-10-27-22(15-24)19-6-5-18-12-21(26-3)8-7-17(18)11-19/h5-8,11-12,14,22H,4,9-10,13,15H2,1-3H3/t22-/m1/s1. The predicted octanol–water partition coefficient (Wildman–Crippen LogP) is 3.95. The van der Waals surface area contributed by atoms with Crippen LogP contribution in [0.4, 0.5) is 0 Å². The van der Waals surface area contributed by atoms with E-state index in [4.69, 9.17) is 9.47 Å². The second-order valence-corrected chi connectivity index (χ2v) is 7.16. The molecule has 0 spiro atoms. The molecule has 5 nitrogen and oxygen atoms in total. The summed E-state index contributed by atoms with van der Waals surface area (Å²) in [5.74, 6) is 0.887. The van der Waals surface area contributed by atoms with Crippen LogP contribution in [0.3, 0.4) is 0 Å². The summed E-state index contributed by atoms with van der Waals surface area (Å²) in [6.07, 6.45) is 2.27. The van der Waals surface area contributed by atoms with Crippen molar-refractivity contribution in [2.24, 2.45) is 0 Å². The maximum atomic E-state index is 6.10. The maximum Gasteiger partial charge on any atom is 0.119 e. The minimum absolute atomic E-state index is 0.103. The summed E-state index contributed by atoms with van der Waals surface area (Å²) in [5, 5.41) is 6.97. The van der Waals surface area contributed by atoms with Gasteiger partial charge in [-0.15, -0.1) is 0 Å². The Balaban J connectivity index is 1.50. The number of aryl methyl sites for hydroxylation is 2. The van der Waals surface area contributed by atoms with E-state index in [9.17, 15) is 0 Å². The van der Waals surface area contributed by atoms with Gasteiger partial charge < -0.3 is 9.47 Å². The SMILES string of the molecule is CCn1cc(CN2CCO[C@@H](c3ccc4cc(OC)ccc4c3)C2)c(C)n1. The van der Waals surface area contributed by atoms with Crippen molar-refractivity contribution in [2.75, 3.05) is 26.8 Å². The molecule has 1 aromatic heterocycles. The van der Waals surface area contributed by atoms with Crippen LogP contribution in [0.1, 0.15) is 29.8 Å². The summed E-state index contributed by atoms with van der Waals surface area (Å²) in [5.41, 5.74) is 3.67.